The molecular weight excluding hydrogens is 290 g/mol. The van der Waals surface area contributed by atoms with Crippen molar-refractivity contribution in [3.8, 4) is 0 Å². The Bertz CT molecular complexity index is 345. The lowest BCUT2D eigenvalue weighted by Crippen LogP contribution is -2.51. The van der Waals surface area contributed by atoms with Crippen LogP contribution in [0, 0.1) is 11.8 Å². The van der Waals surface area contributed by atoms with Gasteiger partial charge in [0.05, 0.1) is 7.11 Å². The zero-order valence-electron chi connectivity index (χ0n) is 14.8. The number of piperidine rings is 1. The standard InChI is InChI=1S/C18H35N3O2/c1-23-18(22)8-7-16-11-17(14-21(13-16)10-9-19)20-12-15-5-3-2-4-6-15/h15-17,20H,2-14,19H2,1H3. The van der Waals surface area contributed by atoms with Gasteiger partial charge in [-0.05, 0) is 44.1 Å². The van der Waals surface area contributed by atoms with Crippen molar-refractivity contribution < 1.29 is 9.53 Å². The Hall–Kier alpha value is -0.650. The number of methoxy groups -OCH3 is 1. The summed E-state index contributed by atoms with van der Waals surface area (Å²) in [5, 5.41) is 3.81. The summed E-state index contributed by atoms with van der Waals surface area (Å²) in [5.41, 5.74) is 5.75. The molecule has 5 heteroatoms. The molecule has 134 valence electrons. The summed E-state index contributed by atoms with van der Waals surface area (Å²) in [6.07, 6.45) is 9.62. The Balaban J connectivity index is 1.78. The first kappa shape index (κ1) is 18.7. The quantitative estimate of drug-likeness (QED) is 0.666. The molecular formula is C18H35N3O2. The van der Waals surface area contributed by atoms with Gasteiger partial charge in [-0.25, -0.2) is 0 Å². The smallest absolute Gasteiger partial charge is 0.305 e. The second-order valence-electron chi connectivity index (χ2n) is 7.37. The van der Waals surface area contributed by atoms with Crippen LogP contribution in [0.5, 0.6) is 0 Å². The number of rotatable bonds is 8. The summed E-state index contributed by atoms with van der Waals surface area (Å²) in [6, 6.07) is 0.542. The molecule has 0 spiro atoms. The second kappa shape index (κ2) is 10.3. The first-order chi connectivity index (χ1) is 11.2. The summed E-state index contributed by atoms with van der Waals surface area (Å²) in [6.45, 7) is 4.98. The fourth-order valence-electron chi connectivity index (χ4n) is 4.17. The van der Waals surface area contributed by atoms with Crippen LogP contribution in [-0.4, -0.2) is 56.7 Å². The highest BCUT2D eigenvalue weighted by atomic mass is 16.5. The molecule has 1 saturated heterocycles. The van der Waals surface area contributed by atoms with E-state index < -0.39 is 0 Å². The van der Waals surface area contributed by atoms with E-state index in [1.165, 1.54) is 45.6 Å². The summed E-state index contributed by atoms with van der Waals surface area (Å²) in [5.74, 6) is 1.34. The predicted octanol–water partition coefficient (Wildman–Crippen LogP) is 1.76. The van der Waals surface area contributed by atoms with Gasteiger partial charge in [0.2, 0.25) is 0 Å². The molecule has 2 aliphatic rings. The minimum Gasteiger partial charge on any atom is -0.469 e. The Morgan fingerprint density at radius 1 is 1.22 bits per heavy atom. The second-order valence-corrected chi connectivity index (χ2v) is 7.37. The van der Waals surface area contributed by atoms with E-state index in [4.69, 9.17) is 10.5 Å². The maximum Gasteiger partial charge on any atom is 0.305 e. The Morgan fingerprint density at radius 3 is 2.70 bits per heavy atom. The Kier molecular flexibility index (Phi) is 8.34. The number of hydrogen-bond acceptors (Lipinski definition) is 5. The van der Waals surface area contributed by atoms with Crippen LogP contribution in [0.25, 0.3) is 0 Å². The first-order valence-electron chi connectivity index (χ1n) is 9.44. The molecule has 2 rings (SSSR count). The Morgan fingerprint density at radius 2 is 2.00 bits per heavy atom. The SMILES string of the molecule is COC(=O)CCC1CC(NCC2CCCCC2)CN(CCN)C1. The largest absolute Gasteiger partial charge is 0.469 e. The van der Waals surface area contributed by atoms with E-state index >= 15 is 0 Å². The van der Waals surface area contributed by atoms with Crippen molar-refractivity contribution in [3.63, 3.8) is 0 Å². The molecule has 1 aliphatic carbocycles. The van der Waals surface area contributed by atoms with Gasteiger partial charge in [-0.15, -0.1) is 0 Å². The number of nitrogens with two attached hydrogens (primary N) is 1. The average Bonchev–Trinajstić information content (AvgIpc) is 2.59. The molecule has 2 fully saturated rings. The van der Waals surface area contributed by atoms with Gasteiger partial charge in [-0.2, -0.15) is 0 Å². The molecule has 1 aliphatic heterocycles. The van der Waals surface area contributed by atoms with Crippen LogP contribution in [0.15, 0.2) is 0 Å². The summed E-state index contributed by atoms with van der Waals surface area (Å²) in [7, 11) is 1.47. The highest BCUT2D eigenvalue weighted by Crippen LogP contribution is 2.25. The monoisotopic (exact) mass is 325 g/mol. The molecule has 0 radical (unpaired) electrons. The molecule has 0 aromatic carbocycles. The third-order valence-electron chi connectivity index (χ3n) is 5.46. The van der Waals surface area contributed by atoms with E-state index in [2.05, 4.69) is 10.2 Å². The summed E-state index contributed by atoms with van der Waals surface area (Å²) >= 11 is 0. The van der Waals surface area contributed by atoms with Gasteiger partial charge in [0.1, 0.15) is 0 Å². The predicted molar refractivity (Wildman–Crippen MR) is 93.2 cm³/mol. The van der Waals surface area contributed by atoms with Crippen molar-refractivity contribution >= 4 is 5.97 Å². The van der Waals surface area contributed by atoms with Crippen LogP contribution in [0.3, 0.4) is 0 Å². The molecule has 0 aromatic heterocycles. The molecule has 2 atom stereocenters. The van der Waals surface area contributed by atoms with Crippen molar-refractivity contribution in [2.45, 2.75) is 57.4 Å². The van der Waals surface area contributed by atoms with Gasteiger partial charge in [-0.1, -0.05) is 19.3 Å². The van der Waals surface area contributed by atoms with Gasteiger partial charge < -0.3 is 20.7 Å². The van der Waals surface area contributed by atoms with E-state index in [1.807, 2.05) is 0 Å². The molecule has 1 heterocycles. The average molecular weight is 325 g/mol. The molecule has 23 heavy (non-hydrogen) atoms. The molecule has 2 unspecified atom stereocenters. The van der Waals surface area contributed by atoms with Crippen LogP contribution >= 0.6 is 0 Å². The fourth-order valence-corrected chi connectivity index (χ4v) is 4.17. The van der Waals surface area contributed by atoms with Gasteiger partial charge in [-0.3, -0.25) is 4.79 Å². The van der Waals surface area contributed by atoms with E-state index in [-0.39, 0.29) is 5.97 Å². The zero-order chi connectivity index (χ0) is 16.5. The Labute approximate surface area is 141 Å². The number of likely N-dealkylation sites (tertiary alicyclic amines) is 1. The highest BCUT2D eigenvalue weighted by Gasteiger charge is 2.27. The number of ether oxygens (including phenoxy) is 1. The van der Waals surface area contributed by atoms with Gasteiger partial charge in [0, 0.05) is 38.6 Å². The van der Waals surface area contributed by atoms with Gasteiger partial charge >= 0.3 is 5.97 Å². The lowest BCUT2D eigenvalue weighted by Gasteiger charge is -2.39. The van der Waals surface area contributed by atoms with Crippen molar-refractivity contribution in [1.82, 2.24) is 10.2 Å². The molecule has 0 amide bonds. The van der Waals surface area contributed by atoms with Gasteiger partial charge in [0.25, 0.3) is 0 Å². The summed E-state index contributed by atoms with van der Waals surface area (Å²) in [4.78, 5) is 13.9. The van der Waals surface area contributed by atoms with Crippen molar-refractivity contribution in [3.05, 3.63) is 0 Å². The number of esters is 1. The third kappa shape index (κ3) is 6.77. The molecule has 5 nitrogen and oxygen atoms in total. The van der Waals surface area contributed by atoms with Crippen LogP contribution < -0.4 is 11.1 Å². The van der Waals surface area contributed by atoms with E-state index in [0.29, 0.717) is 24.9 Å². The number of carbonyl (C=O) groups is 1. The first-order valence-corrected chi connectivity index (χ1v) is 9.44. The van der Waals surface area contributed by atoms with E-state index in [9.17, 15) is 4.79 Å². The number of nitrogens with one attached hydrogen (secondary N) is 1. The van der Waals surface area contributed by atoms with Gasteiger partial charge in [0.15, 0.2) is 0 Å². The lowest BCUT2D eigenvalue weighted by atomic mass is 9.87. The van der Waals surface area contributed by atoms with E-state index in [1.54, 1.807) is 0 Å². The molecule has 0 bridgehead atoms. The number of carbonyl (C=O) groups excluding carboxylic acids is 1. The van der Waals surface area contributed by atoms with E-state index in [0.717, 1.165) is 38.5 Å². The minimum absolute atomic E-state index is 0.0901. The number of hydrogen-bond donors (Lipinski definition) is 2. The third-order valence-corrected chi connectivity index (χ3v) is 5.46. The van der Waals surface area contributed by atoms with Crippen LogP contribution in [0.2, 0.25) is 0 Å². The zero-order valence-corrected chi connectivity index (χ0v) is 14.8. The summed E-state index contributed by atoms with van der Waals surface area (Å²) < 4.78 is 4.78. The molecule has 1 saturated carbocycles. The topological polar surface area (TPSA) is 67.6 Å². The molecule has 3 N–H and O–H groups in total. The maximum atomic E-state index is 11.4. The maximum absolute atomic E-state index is 11.4. The van der Waals surface area contributed by atoms with Crippen LogP contribution in [0.1, 0.15) is 51.4 Å². The van der Waals surface area contributed by atoms with Crippen molar-refractivity contribution in [2.75, 3.05) is 39.8 Å². The van der Waals surface area contributed by atoms with Crippen LogP contribution in [-0.2, 0) is 9.53 Å². The molecule has 0 aromatic rings. The van der Waals surface area contributed by atoms with Crippen molar-refractivity contribution in [1.29, 1.82) is 0 Å². The van der Waals surface area contributed by atoms with Crippen molar-refractivity contribution in [2.24, 2.45) is 17.6 Å². The number of nitrogens with zero attached hydrogens (tertiary/aromatic N) is 1. The normalized spacial score (nSPS) is 27.0. The minimum atomic E-state index is -0.0901. The fraction of sp³-hybridized carbons (Fsp3) is 0.944. The lowest BCUT2D eigenvalue weighted by molar-refractivity contribution is -0.141. The van der Waals surface area contributed by atoms with Crippen LogP contribution in [0.4, 0.5) is 0 Å². The highest BCUT2D eigenvalue weighted by molar-refractivity contribution is 5.69.